The van der Waals surface area contributed by atoms with E-state index in [1.54, 1.807) is 25.3 Å². The average Bonchev–Trinajstić information content (AvgIpc) is 2.46. The van der Waals surface area contributed by atoms with Gasteiger partial charge in [0.25, 0.3) is 0 Å². The Labute approximate surface area is 130 Å². The van der Waals surface area contributed by atoms with Crippen LogP contribution in [0.1, 0.15) is 21.5 Å². The molecule has 0 N–H and O–H groups in total. The number of aryl methyl sites for hydroxylation is 1. The summed E-state index contributed by atoms with van der Waals surface area (Å²) < 4.78 is 34.7. The van der Waals surface area contributed by atoms with Crippen LogP contribution in [0.15, 0.2) is 42.5 Å². The van der Waals surface area contributed by atoms with Crippen LogP contribution in [0.4, 0.5) is 8.78 Å². The topological polar surface area (TPSA) is 18.5 Å². The number of hydrogen-bond acceptors (Lipinski definition) is 2. The van der Waals surface area contributed by atoms with Gasteiger partial charge in [0.15, 0.2) is 0 Å². The van der Waals surface area contributed by atoms with Crippen molar-refractivity contribution in [3.63, 3.8) is 0 Å². The van der Waals surface area contributed by atoms with Crippen molar-refractivity contribution >= 4 is 15.9 Å². The Balaban J connectivity index is 2.35. The summed E-state index contributed by atoms with van der Waals surface area (Å²) in [6, 6.07) is 12.5. The molecule has 0 spiro atoms. The monoisotopic (exact) mass is 356 g/mol. The van der Waals surface area contributed by atoms with E-state index in [1.165, 1.54) is 6.07 Å². The lowest BCUT2D eigenvalue weighted by atomic mass is 10.0. The summed E-state index contributed by atoms with van der Waals surface area (Å²) in [5, 5.41) is 0. The molecule has 0 fully saturated rings. The molecule has 21 heavy (non-hydrogen) atoms. The quantitative estimate of drug-likeness (QED) is 0.694. The maximum atomic E-state index is 12.5. The minimum Gasteiger partial charge on any atom is -0.496 e. The molecule has 5 heteroatoms. The van der Waals surface area contributed by atoms with Crippen LogP contribution in [-0.2, 0) is 0 Å². The van der Waals surface area contributed by atoms with Gasteiger partial charge in [-0.05, 0) is 30.2 Å². The molecule has 112 valence electrons. The summed E-state index contributed by atoms with van der Waals surface area (Å²) in [5.74, 6) is 0.957. The van der Waals surface area contributed by atoms with Gasteiger partial charge in [0.2, 0.25) is 0 Å². The summed E-state index contributed by atoms with van der Waals surface area (Å²) in [4.78, 5) is -0.239. The van der Waals surface area contributed by atoms with Gasteiger partial charge >= 0.3 is 6.61 Å². The molecule has 0 radical (unpaired) electrons. The molecule has 0 aliphatic rings. The molecular weight excluding hydrogens is 342 g/mol. The van der Waals surface area contributed by atoms with Crippen LogP contribution in [0.25, 0.3) is 0 Å². The molecule has 2 rings (SSSR count). The van der Waals surface area contributed by atoms with Gasteiger partial charge in [-0.15, -0.1) is 0 Å². The van der Waals surface area contributed by atoms with Gasteiger partial charge < -0.3 is 9.47 Å². The third kappa shape index (κ3) is 3.73. The van der Waals surface area contributed by atoms with E-state index in [0.717, 1.165) is 16.9 Å². The van der Waals surface area contributed by atoms with Crippen LogP contribution >= 0.6 is 15.9 Å². The molecular formula is C16H15BrF2O2. The number of benzene rings is 2. The van der Waals surface area contributed by atoms with Crippen LogP contribution in [-0.4, -0.2) is 13.7 Å². The van der Waals surface area contributed by atoms with Crippen LogP contribution in [0, 0.1) is 6.92 Å². The molecule has 0 heterocycles. The molecule has 0 aliphatic carbocycles. The Morgan fingerprint density at radius 2 is 1.76 bits per heavy atom. The number of alkyl halides is 3. The van der Waals surface area contributed by atoms with E-state index in [0.29, 0.717) is 5.56 Å². The third-order valence-corrected chi connectivity index (χ3v) is 4.14. The fourth-order valence-electron chi connectivity index (χ4n) is 2.13. The summed E-state index contributed by atoms with van der Waals surface area (Å²) in [7, 11) is 1.61. The predicted octanol–water partition coefficient (Wildman–Crippen LogP) is 5.09. The lowest BCUT2D eigenvalue weighted by molar-refractivity contribution is -0.0503. The van der Waals surface area contributed by atoms with Gasteiger partial charge in [0, 0.05) is 5.56 Å². The Morgan fingerprint density at radius 1 is 1.05 bits per heavy atom. The normalized spacial score (nSPS) is 12.3. The zero-order valence-electron chi connectivity index (χ0n) is 11.6. The number of halogens is 3. The Hall–Kier alpha value is -1.62. The first-order valence-corrected chi connectivity index (χ1v) is 7.27. The number of hydrogen-bond donors (Lipinski definition) is 0. The van der Waals surface area contributed by atoms with E-state index in [4.69, 9.17) is 4.74 Å². The van der Waals surface area contributed by atoms with E-state index in [1.807, 2.05) is 25.1 Å². The number of methoxy groups -OCH3 is 1. The number of rotatable bonds is 5. The highest BCUT2D eigenvalue weighted by atomic mass is 79.9. The van der Waals surface area contributed by atoms with Crippen LogP contribution in [0.3, 0.4) is 0 Å². The molecule has 2 nitrogen and oxygen atoms in total. The highest BCUT2D eigenvalue weighted by molar-refractivity contribution is 9.09. The van der Waals surface area contributed by atoms with Crippen LogP contribution in [0.5, 0.6) is 11.5 Å². The van der Waals surface area contributed by atoms with Crippen molar-refractivity contribution in [3.8, 4) is 11.5 Å². The second-order valence-electron chi connectivity index (χ2n) is 4.51. The van der Waals surface area contributed by atoms with E-state index < -0.39 is 6.61 Å². The fourth-order valence-corrected chi connectivity index (χ4v) is 2.80. The largest absolute Gasteiger partial charge is 0.496 e. The minimum atomic E-state index is -2.84. The molecule has 2 aromatic carbocycles. The first-order valence-electron chi connectivity index (χ1n) is 6.35. The van der Waals surface area contributed by atoms with Crippen LogP contribution in [0.2, 0.25) is 0 Å². The van der Waals surface area contributed by atoms with Gasteiger partial charge in [-0.25, -0.2) is 0 Å². The zero-order valence-corrected chi connectivity index (χ0v) is 13.2. The first-order chi connectivity index (χ1) is 10.0. The lowest BCUT2D eigenvalue weighted by Crippen LogP contribution is -2.05. The fraction of sp³-hybridized carbons (Fsp3) is 0.250. The van der Waals surface area contributed by atoms with Crippen molar-refractivity contribution in [2.24, 2.45) is 0 Å². The van der Waals surface area contributed by atoms with Gasteiger partial charge in [0.05, 0.1) is 11.9 Å². The maximum Gasteiger partial charge on any atom is 0.387 e. The maximum absolute atomic E-state index is 12.5. The molecule has 0 aromatic heterocycles. The van der Waals surface area contributed by atoms with Crippen molar-refractivity contribution < 1.29 is 18.3 Å². The Kier molecular flexibility index (Phi) is 5.17. The predicted molar refractivity (Wildman–Crippen MR) is 81.6 cm³/mol. The summed E-state index contributed by atoms with van der Waals surface area (Å²) in [5.41, 5.74) is 2.58. The molecule has 0 aliphatic heterocycles. The van der Waals surface area contributed by atoms with Gasteiger partial charge in [-0.1, -0.05) is 46.3 Å². The molecule has 1 atom stereocenters. The second kappa shape index (κ2) is 6.89. The van der Waals surface area contributed by atoms with Crippen LogP contribution < -0.4 is 9.47 Å². The molecule has 0 saturated heterocycles. The molecule has 0 amide bonds. The smallest absolute Gasteiger partial charge is 0.387 e. The first kappa shape index (κ1) is 15.8. The van der Waals surface area contributed by atoms with Crippen molar-refractivity contribution in [2.75, 3.05) is 7.11 Å². The molecule has 2 aromatic rings. The van der Waals surface area contributed by atoms with Gasteiger partial charge in [-0.2, -0.15) is 8.78 Å². The number of ether oxygens (including phenoxy) is 2. The van der Waals surface area contributed by atoms with Crippen molar-refractivity contribution in [1.82, 2.24) is 0 Å². The van der Waals surface area contributed by atoms with Crippen molar-refractivity contribution in [3.05, 3.63) is 59.2 Å². The summed E-state index contributed by atoms with van der Waals surface area (Å²) in [6.07, 6.45) is 0. The van der Waals surface area contributed by atoms with Crippen molar-refractivity contribution in [2.45, 2.75) is 18.4 Å². The number of para-hydroxylation sites is 1. The third-order valence-electron chi connectivity index (χ3n) is 3.12. The Morgan fingerprint density at radius 3 is 2.38 bits per heavy atom. The summed E-state index contributed by atoms with van der Waals surface area (Å²) in [6.45, 7) is -0.910. The van der Waals surface area contributed by atoms with Gasteiger partial charge in [0.1, 0.15) is 11.5 Å². The summed E-state index contributed by atoms with van der Waals surface area (Å²) >= 11 is 3.55. The zero-order chi connectivity index (χ0) is 15.4. The van der Waals surface area contributed by atoms with E-state index >= 15 is 0 Å². The second-order valence-corrected chi connectivity index (χ2v) is 5.42. The van der Waals surface area contributed by atoms with Crippen molar-refractivity contribution in [1.29, 1.82) is 0 Å². The standard InChI is InChI=1S/C16H15BrF2O2/c1-10-9-11(7-8-13(10)20-2)15(17)12-5-3-4-6-14(12)21-16(18)19/h3-9,15-16H,1-2H3. The van der Waals surface area contributed by atoms with E-state index in [-0.39, 0.29) is 10.6 Å². The lowest BCUT2D eigenvalue weighted by Gasteiger charge is -2.17. The highest BCUT2D eigenvalue weighted by Gasteiger charge is 2.18. The van der Waals surface area contributed by atoms with E-state index in [9.17, 15) is 8.78 Å². The van der Waals surface area contributed by atoms with E-state index in [2.05, 4.69) is 20.7 Å². The van der Waals surface area contributed by atoms with Gasteiger partial charge in [-0.3, -0.25) is 0 Å². The minimum absolute atomic E-state index is 0.169. The average molecular weight is 357 g/mol. The highest BCUT2D eigenvalue weighted by Crippen LogP contribution is 2.38. The molecule has 0 bridgehead atoms. The SMILES string of the molecule is COc1ccc(C(Br)c2ccccc2OC(F)F)cc1C. The molecule has 0 saturated carbocycles. The Bertz CT molecular complexity index is 617. The molecule has 1 unspecified atom stereocenters.